The number of anilines is 2. The van der Waals surface area contributed by atoms with Gasteiger partial charge in [0, 0.05) is 6.54 Å². The van der Waals surface area contributed by atoms with Gasteiger partial charge in [0.2, 0.25) is 0 Å². The van der Waals surface area contributed by atoms with Crippen LogP contribution in [0, 0.1) is 17.8 Å². The van der Waals surface area contributed by atoms with Crippen LogP contribution in [0.5, 0.6) is 0 Å². The van der Waals surface area contributed by atoms with E-state index in [0.29, 0.717) is 0 Å². The van der Waals surface area contributed by atoms with Gasteiger partial charge in [-0.25, -0.2) is 0 Å². The minimum absolute atomic E-state index is 0.211. The minimum atomic E-state index is 0.211. The third-order valence-corrected chi connectivity index (χ3v) is 3.96. The summed E-state index contributed by atoms with van der Waals surface area (Å²) in [4.78, 5) is 0. The molecule has 0 amide bonds. The molecular formula is C15H26N2. The van der Waals surface area contributed by atoms with Crippen molar-refractivity contribution >= 4 is 11.4 Å². The highest BCUT2D eigenvalue weighted by Gasteiger charge is 2.32. The van der Waals surface area contributed by atoms with E-state index in [-0.39, 0.29) is 10.8 Å². The highest BCUT2D eigenvalue weighted by Crippen LogP contribution is 2.38. The van der Waals surface area contributed by atoms with Gasteiger partial charge in [0.05, 0.1) is 11.4 Å². The molecule has 0 radical (unpaired) electrons. The van der Waals surface area contributed by atoms with Crippen LogP contribution in [-0.4, -0.2) is 6.54 Å². The van der Waals surface area contributed by atoms with Crippen molar-refractivity contribution < 1.29 is 0 Å². The Labute approximate surface area is 106 Å². The standard InChI is InChI=1S/C15H26N2/c1-11-7-8-12(16)13(9-11)17-10-15(5,6)14(2,3)4/h7-9,17H,10,16H2,1-6H3. The summed E-state index contributed by atoms with van der Waals surface area (Å²) in [6.45, 7) is 14.4. The average Bonchev–Trinajstić information content (AvgIpc) is 2.18. The van der Waals surface area contributed by atoms with E-state index >= 15 is 0 Å². The summed E-state index contributed by atoms with van der Waals surface area (Å²) in [7, 11) is 0. The van der Waals surface area contributed by atoms with Gasteiger partial charge in [-0.1, -0.05) is 40.7 Å². The maximum atomic E-state index is 5.97. The number of nitrogens with two attached hydrogens (primary N) is 1. The Hall–Kier alpha value is -1.18. The van der Waals surface area contributed by atoms with Crippen molar-refractivity contribution in [1.29, 1.82) is 0 Å². The Kier molecular flexibility index (Phi) is 3.75. The van der Waals surface area contributed by atoms with Gasteiger partial charge in [0.25, 0.3) is 0 Å². The third kappa shape index (κ3) is 3.39. The van der Waals surface area contributed by atoms with Crippen LogP contribution in [0.4, 0.5) is 11.4 Å². The Morgan fingerprint density at radius 1 is 1.12 bits per heavy atom. The molecule has 0 spiro atoms. The number of nitrogen functional groups attached to an aromatic ring is 1. The van der Waals surface area contributed by atoms with Gasteiger partial charge in [0.1, 0.15) is 0 Å². The van der Waals surface area contributed by atoms with Gasteiger partial charge in [-0.05, 0) is 35.4 Å². The van der Waals surface area contributed by atoms with Crippen LogP contribution in [-0.2, 0) is 0 Å². The maximum absolute atomic E-state index is 5.97. The lowest BCUT2D eigenvalue weighted by molar-refractivity contribution is 0.148. The molecule has 1 aromatic rings. The van der Waals surface area contributed by atoms with E-state index in [1.807, 2.05) is 12.1 Å². The molecule has 0 fully saturated rings. The first kappa shape index (κ1) is 13.9. The molecular weight excluding hydrogens is 208 g/mol. The Balaban J connectivity index is 2.77. The molecule has 0 saturated heterocycles. The molecule has 1 aromatic carbocycles. The highest BCUT2D eigenvalue weighted by atomic mass is 14.9. The van der Waals surface area contributed by atoms with E-state index in [9.17, 15) is 0 Å². The van der Waals surface area contributed by atoms with E-state index < -0.39 is 0 Å². The molecule has 0 heterocycles. The zero-order valence-corrected chi connectivity index (χ0v) is 12.0. The van der Waals surface area contributed by atoms with Crippen LogP contribution in [0.2, 0.25) is 0 Å². The number of aryl methyl sites for hydroxylation is 1. The smallest absolute Gasteiger partial charge is 0.0576 e. The quantitative estimate of drug-likeness (QED) is 0.774. The molecule has 0 unspecified atom stereocenters. The topological polar surface area (TPSA) is 38.0 Å². The number of rotatable bonds is 3. The van der Waals surface area contributed by atoms with Crippen LogP contribution in [0.3, 0.4) is 0 Å². The van der Waals surface area contributed by atoms with Gasteiger partial charge in [-0.15, -0.1) is 0 Å². The predicted octanol–water partition coefficient (Wildman–Crippen LogP) is 4.06. The summed E-state index contributed by atoms with van der Waals surface area (Å²) < 4.78 is 0. The average molecular weight is 234 g/mol. The fourth-order valence-corrected chi connectivity index (χ4v) is 1.40. The van der Waals surface area contributed by atoms with Crippen LogP contribution in [0.25, 0.3) is 0 Å². The van der Waals surface area contributed by atoms with Crippen LogP contribution < -0.4 is 11.1 Å². The van der Waals surface area contributed by atoms with Crippen LogP contribution in [0.15, 0.2) is 18.2 Å². The highest BCUT2D eigenvalue weighted by molar-refractivity contribution is 5.66. The van der Waals surface area contributed by atoms with Crippen LogP contribution >= 0.6 is 0 Å². The second-order valence-electron chi connectivity index (χ2n) is 6.58. The molecule has 0 atom stereocenters. The molecule has 2 heteroatoms. The molecule has 1 rings (SSSR count). The van der Waals surface area contributed by atoms with Crippen molar-refractivity contribution in [2.24, 2.45) is 10.8 Å². The van der Waals surface area contributed by atoms with Crippen molar-refractivity contribution in [3.05, 3.63) is 23.8 Å². The molecule has 0 saturated carbocycles. The maximum Gasteiger partial charge on any atom is 0.0576 e. The lowest BCUT2D eigenvalue weighted by Gasteiger charge is -2.39. The van der Waals surface area contributed by atoms with E-state index in [1.165, 1.54) is 5.56 Å². The van der Waals surface area contributed by atoms with Crippen LogP contribution in [0.1, 0.15) is 40.2 Å². The van der Waals surface area contributed by atoms with Gasteiger partial charge < -0.3 is 11.1 Å². The molecule has 0 aliphatic rings. The predicted molar refractivity (Wildman–Crippen MR) is 77.3 cm³/mol. The fourth-order valence-electron chi connectivity index (χ4n) is 1.40. The first-order valence-electron chi connectivity index (χ1n) is 6.23. The van der Waals surface area contributed by atoms with Crippen molar-refractivity contribution in [2.75, 3.05) is 17.6 Å². The van der Waals surface area contributed by atoms with Crippen molar-refractivity contribution in [3.8, 4) is 0 Å². The Bertz CT molecular complexity index is 386. The first-order valence-corrected chi connectivity index (χ1v) is 6.23. The SMILES string of the molecule is Cc1ccc(N)c(NCC(C)(C)C(C)(C)C)c1. The summed E-state index contributed by atoms with van der Waals surface area (Å²) in [6.07, 6.45) is 0. The Morgan fingerprint density at radius 2 is 1.71 bits per heavy atom. The monoisotopic (exact) mass is 234 g/mol. The van der Waals surface area contributed by atoms with E-state index in [1.54, 1.807) is 0 Å². The second kappa shape index (κ2) is 4.59. The molecule has 0 aromatic heterocycles. The van der Waals surface area contributed by atoms with E-state index in [2.05, 4.69) is 52.9 Å². The molecule has 0 bridgehead atoms. The van der Waals surface area contributed by atoms with Crippen molar-refractivity contribution in [2.45, 2.75) is 41.5 Å². The van der Waals surface area contributed by atoms with Gasteiger partial charge in [-0.2, -0.15) is 0 Å². The molecule has 3 N–H and O–H groups in total. The summed E-state index contributed by atoms with van der Waals surface area (Å²) >= 11 is 0. The summed E-state index contributed by atoms with van der Waals surface area (Å²) in [5, 5.41) is 3.48. The molecule has 96 valence electrons. The zero-order chi connectivity index (χ0) is 13.3. The lowest BCUT2D eigenvalue weighted by Crippen LogP contribution is -2.36. The molecule has 0 aliphatic heterocycles. The minimum Gasteiger partial charge on any atom is -0.397 e. The van der Waals surface area contributed by atoms with Crippen molar-refractivity contribution in [3.63, 3.8) is 0 Å². The fraction of sp³-hybridized carbons (Fsp3) is 0.600. The van der Waals surface area contributed by atoms with E-state index in [4.69, 9.17) is 5.73 Å². The summed E-state index contributed by atoms with van der Waals surface area (Å²) in [6, 6.07) is 6.10. The normalized spacial score (nSPS) is 12.6. The van der Waals surface area contributed by atoms with Gasteiger partial charge >= 0.3 is 0 Å². The Morgan fingerprint density at radius 3 is 2.24 bits per heavy atom. The first-order chi connectivity index (χ1) is 7.63. The van der Waals surface area contributed by atoms with E-state index in [0.717, 1.165) is 17.9 Å². The molecule has 0 aliphatic carbocycles. The number of hydrogen-bond donors (Lipinski definition) is 2. The summed E-state index contributed by atoms with van der Waals surface area (Å²) in [5.41, 5.74) is 9.53. The zero-order valence-electron chi connectivity index (χ0n) is 12.0. The number of benzene rings is 1. The number of hydrogen-bond acceptors (Lipinski definition) is 2. The third-order valence-electron chi connectivity index (χ3n) is 3.96. The largest absolute Gasteiger partial charge is 0.397 e. The number of nitrogens with one attached hydrogen (secondary N) is 1. The summed E-state index contributed by atoms with van der Waals surface area (Å²) in [5.74, 6) is 0. The van der Waals surface area contributed by atoms with Crippen molar-refractivity contribution in [1.82, 2.24) is 0 Å². The van der Waals surface area contributed by atoms with Gasteiger partial charge in [-0.3, -0.25) is 0 Å². The lowest BCUT2D eigenvalue weighted by atomic mass is 9.69. The molecule has 2 nitrogen and oxygen atoms in total. The second-order valence-corrected chi connectivity index (χ2v) is 6.58. The molecule has 17 heavy (non-hydrogen) atoms. The van der Waals surface area contributed by atoms with Gasteiger partial charge in [0.15, 0.2) is 0 Å².